The maximum atomic E-state index is 6.32. The second-order valence-electron chi connectivity index (χ2n) is 4.47. The maximum Gasteiger partial charge on any atom is 0.165 e. The summed E-state index contributed by atoms with van der Waals surface area (Å²) in [5.74, 6) is 0.375. The highest BCUT2D eigenvalue weighted by Crippen LogP contribution is 2.23. The molecule has 0 bridgehead atoms. The minimum absolute atomic E-state index is 0.375. The molecule has 0 saturated heterocycles. The molecule has 7 nitrogen and oxygen atoms in total. The van der Waals surface area contributed by atoms with Crippen molar-refractivity contribution in [2.24, 2.45) is 0 Å². The van der Waals surface area contributed by atoms with E-state index in [1.165, 1.54) is 6.33 Å². The molecule has 0 aliphatic carbocycles. The monoisotopic (exact) mass is 291 g/mol. The van der Waals surface area contributed by atoms with Gasteiger partial charge in [-0.25, -0.2) is 15.0 Å². The number of halogens is 1. The molecule has 8 heteroatoms. The summed E-state index contributed by atoms with van der Waals surface area (Å²) in [7, 11) is 0. The molecule has 0 aromatic carbocycles. The van der Waals surface area contributed by atoms with Crippen LogP contribution in [0, 0.1) is 6.92 Å². The molecule has 0 atom stereocenters. The summed E-state index contributed by atoms with van der Waals surface area (Å²) in [6.45, 7) is 5.22. The molecule has 0 fully saturated rings. The predicted octanol–water partition coefficient (Wildman–Crippen LogP) is 1.64. The fourth-order valence-corrected chi connectivity index (χ4v) is 2.39. The quantitative estimate of drug-likeness (QED) is 0.792. The number of hydrogen-bond donors (Lipinski definition) is 1. The Balaban J connectivity index is 2.08. The molecule has 3 aromatic heterocycles. The third-order valence-electron chi connectivity index (χ3n) is 3.20. The molecule has 2 N–H and O–H groups in total. The zero-order valence-corrected chi connectivity index (χ0v) is 12.0. The van der Waals surface area contributed by atoms with Gasteiger partial charge in [0.2, 0.25) is 0 Å². The van der Waals surface area contributed by atoms with Crippen LogP contribution in [-0.2, 0) is 13.1 Å². The largest absolute Gasteiger partial charge is 0.382 e. The number of imidazole rings is 1. The number of nitrogen functional groups attached to an aromatic ring is 1. The van der Waals surface area contributed by atoms with Crippen LogP contribution in [0.5, 0.6) is 0 Å². The van der Waals surface area contributed by atoms with Crippen LogP contribution in [0.1, 0.15) is 18.3 Å². The van der Waals surface area contributed by atoms with E-state index in [2.05, 4.69) is 20.1 Å². The van der Waals surface area contributed by atoms with Gasteiger partial charge in [-0.15, -0.1) is 0 Å². The average molecular weight is 292 g/mol. The van der Waals surface area contributed by atoms with E-state index in [0.717, 1.165) is 17.9 Å². The lowest BCUT2D eigenvalue weighted by molar-refractivity contribution is 0.600. The Morgan fingerprint density at radius 2 is 2.10 bits per heavy atom. The van der Waals surface area contributed by atoms with E-state index >= 15 is 0 Å². The number of anilines is 1. The number of nitrogens with zero attached hydrogens (tertiary/aromatic N) is 6. The molecule has 0 aliphatic heterocycles. The minimum Gasteiger partial charge on any atom is -0.382 e. The maximum absolute atomic E-state index is 6.32. The summed E-state index contributed by atoms with van der Waals surface area (Å²) < 4.78 is 3.77. The van der Waals surface area contributed by atoms with Crippen molar-refractivity contribution in [2.45, 2.75) is 26.9 Å². The van der Waals surface area contributed by atoms with Gasteiger partial charge in [-0.3, -0.25) is 4.68 Å². The van der Waals surface area contributed by atoms with Gasteiger partial charge < -0.3 is 10.3 Å². The first kappa shape index (κ1) is 12.9. The van der Waals surface area contributed by atoms with Crippen LogP contribution in [0.25, 0.3) is 11.2 Å². The van der Waals surface area contributed by atoms with Crippen molar-refractivity contribution >= 4 is 28.6 Å². The summed E-state index contributed by atoms with van der Waals surface area (Å²) in [6, 6.07) is 0. The second-order valence-corrected chi connectivity index (χ2v) is 4.84. The Morgan fingerprint density at radius 3 is 2.85 bits per heavy atom. The topological polar surface area (TPSA) is 87.4 Å². The summed E-state index contributed by atoms with van der Waals surface area (Å²) >= 11 is 6.32. The molecule has 0 amide bonds. The minimum atomic E-state index is 0.375. The molecule has 3 heterocycles. The van der Waals surface area contributed by atoms with Crippen molar-refractivity contribution in [1.82, 2.24) is 29.3 Å². The molecule has 0 unspecified atom stereocenters. The Hall–Kier alpha value is -2.15. The van der Waals surface area contributed by atoms with Gasteiger partial charge in [-0.05, 0) is 13.8 Å². The average Bonchev–Trinajstić information content (AvgIpc) is 2.96. The molecular formula is C12H14ClN7. The molecule has 0 aliphatic rings. The molecule has 0 spiro atoms. The zero-order chi connectivity index (χ0) is 14.3. The SMILES string of the molecule is CCn1nc(C)c(Cl)c1Cn1cnc2c(N)ncnc21. The first-order chi connectivity index (χ1) is 9.61. The molecule has 0 saturated carbocycles. The number of hydrogen-bond acceptors (Lipinski definition) is 5. The van der Waals surface area contributed by atoms with E-state index in [-0.39, 0.29) is 0 Å². The second kappa shape index (κ2) is 4.75. The van der Waals surface area contributed by atoms with Crippen LogP contribution < -0.4 is 5.73 Å². The van der Waals surface area contributed by atoms with Gasteiger partial charge in [-0.2, -0.15) is 5.10 Å². The van der Waals surface area contributed by atoms with Crippen molar-refractivity contribution in [3.05, 3.63) is 29.1 Å². The zero-order valence-electron chi connectivity index (χ0n) is 11.2. The summed E-state index contributed by atoms with van der Waals surface area (Å²) in [4.78, 5) is 12.4. The molecule has 0 radical (unpaired) electrons. The van der Waals surface area contributed by atoms with E-state index in [1.807, 2.05) is 23.1 Å². The fourth-order valence-electron chi connectivity index (χ4n) is 2.20. The van der Waals surface area contributed by atoms with E-state index in [1.54, 1.807) is 6.33 Å². The number of nitrogens with two attached hydrogens (primary N) is 1. The van der Waals surface area contributed by atoms with Gasteiger partial charge in [-0.1, -0.05) is 11.6 Å². The lowest BCUT2D eigenvalue weighted by Gasteiger charge is -2.07. The lowest BCUT2D eigenvalue weighted by atomic mass is 10.3. The van der Waals surface area contributed by atoms with Crippen LogP contribution >= 0.6 is 11.6 Å². The van der Waals surface area contributed by atoms with Crippen molar-refractivity contribution in [3.8, 4) is 0 Å². The smallest absolute Gasteiger partial charge is 0.165 e. The molecule has 104 valence electrons. The highest BCUT2D eigenvalue weighted by molar-refractivity contribution is 6.31. The molecular weight excluding hydrogens is 278 g/mol. The van der Waals surface area contributed by atoms with Crippen molar-refractivity contribution in [2.75, 3.05) is 5.73 Å². The van der Waals surface area contributed by atoms with Crippen molar-refractivity contribution in [1.29, 1.82) is 0 Å². The third kappa shape index (κ3) is 1.90. The summed E-state index contributed by atoms with van der Waals surface area (Å²) in [5.41, 5.74) is 8.83. The number of aromatic nitrogens is 6. The van der Waals surface area contributed by atoms with E-state index < -0.39 is 0 Å². The lowest BCUT2D eigenvalue weighted by Crippen LogP contribution is -2.08. The van der Waals surface area contributed by atoms with Gasteiger partial charge in [0.05, 0.1) is 29.3 Å². The van der Waals surface area contributed by atoms with Gasteiger partial charge in [0.15, 0.2) is 11.5 Å². The van der Waals surface area contributed by atoms with E-state index in [4.69, 9.17) is 17.3 Å². The first-order valence-electron chi connectivity index (χ1n) is 6.25. The van der Waals surface area contributed by atoms with Gasteiger partial charge >= 0.3 is 0 Å². The fraction of sp³-hybridized carbons (Fsp3) is 0.333. The Morgan fingerprint density at radius 1 is 1.30 bits per heavy atom. The Kier molecular flexibility index (Phi) is 3.06. The molecule has 3 aromatic rings. The van der Waals surface area contributed by atoms with Crippen LogP contribution in [0.4, 0.5) is 5.82 Å². The Bertz CT molecular complexity index is 774. The highest BCUT2D eigenvalue weighted by atomic mass is 35.5. The summed E-state index contributed by atoms with van der Waals surface area (Å²) in [6.07, 6.45) is 3.12. The van der Waals surface area contributed by atoms with Crippen molar-refractivity contribution in [3.63, 3.8) is 0 Å². The highest BCUT2D eigenvalue weighted by Gasteiger charge is 2.15. The van der Waals surface area contributed by atoms with Gasteiger partial charge in [0, 0.05) is 6.54 Å². The van der Waals surface area contributed by atoms with Gasteiger partial charge in [0.1, 0.15) is 11.8 Å². The normalized spacial score (nSPS) is 11.3. The molecule has 20 heavy (non-hydrogen) atoms. The number of aryl methyl sites for hydroxylation is 2. The van der Waals surface area contributed by atoms with Crippen LogP contribution in [0.2, 0.25) is 5.02 Å². The summed E-state index contributed by atoms with van der Waals surface area (Å²) in [5, 5.41) is 5.08. The first-order valence-corrected chi connectivity index (χ1v) is 6.62. The van der Waals surface area contributed by atoms with Gasteiger partial charge in [0.25, 0.3) is 0 Å². The van der Waals surface area contributed by atoms with Crippen LogP contribution in [-0.4, -0.2) is 29.3 Å². The van der Waals surface area contributed by atoms with Crippen LogP contribution in [0.15, 0.2) is 12.7 Å². The molecule has 3 rings (SSSR count). The Labute approximate surface area is 120 Å². The van der Waals surface area contributed by atoms with Crippen LogP contribution in [0.3, 0.4) is 0 Å². The van der Waals surface area contributed by atoms with E-state index in [9.17, 15) is 0 Å². The predicted molar refractivity (Wildman–Crippen MR) is 76.5 cm³/mol. The number of rotatable bonds is 3. The standard InChI is InChI=1S/C12H14ClN7/c1-3-20-8(9(13)7(2)18-20)4-19-6-17-10-11(14)15-5-16-12(10)19/h5-6H,3-4H2,1-2H3,(H2,14,15,16). The van der Waals surface area contributed by atoms with Crippen molar-refractivity contribution < 1.29 is 0 Å². The number of fused-ring (bicyclic) bond motifs is 1. The third-order valence-corrected chi connectivity index (χ3v) is 3.69. The van der Waals surface area contributed by atoms with E-state index in [0.29, 0.717) is 28.5 Å².